The van der Waals surface area contributed by atoms with E-state index < -0.39 is 30.3 Å². The number of nitrogens with two attached hydrogens (primary N) is 1. The molecule has 3 unspecified atom stereocenters. The lowest BCUT2D eigenvalue weighted by Gasteiger charge is -2.42. The van der Waals surface area contributed by atoms with Gasteiger partial charge in [-0.3, -0.25) is 19.3 Å². The van der Waals surface area contributed by atoms with Gasteiger partial charge in [0.25, 0.3) is 0 Å². The molecular formula is C22H30N2O5. The summed E-state index contributed by atoms with van der Waals surface area (Å²) in [6.45, 7) is 6.15. The Morgan fingerprint density at radius 2 is 1.90 bits per heavy atom. The third kappa shape index (κ3) is 4.15. The number of fused-ring (bicyclic) bond motifs is 2. The topological polar surface area (TPSA) is 110 Å². The molecule has 0 spiro atoms. The summed E-state index contributed by atoms with van der Waals surface area (Å²) in [6.07, 6.45) is 2.51. The predicted molar refractivity (Wildman–Crippen MR) is 108 cm³/mol. The van der Waals surface area contributed by atoms with Crippen LogP contribution in [0.3, 0.4) is 0 Å². The van der Waals surface area contributed by atoms with Crippen LogP contribution in [0.5, 0.6) is 0 Å². The maximum Gasteiger partial charge on any atom is 0.326 e. The van der Waals surface area contributed by atoms with Crippen LogP contribution in [0.4, 0.5) is 5.69 Å². The molecule has 0 radical (unpaired) electrons. The number of nitrogens with zero attached hydrogens (tertiary/aromatic N) is 1. The van der Waals surface area contributed by atoms with E-state index in [9.17, 15) is 14.4 Å². The van der Waals surface area contributed by atoms with Gasteiger partial charge in [0, 0.05) is 16.5 Å². The number of ether oxygens (including phenoxy) is 1. The fourth-order valence-corrected chi connectivity index (χ4v) is 5.23. The highest BCUT2D eigenvalue weighted by Gasteiger charge is 2.61. The first-order valence-corrected chi connectivity index (χ1v) is 10.1. The smallest absolute Gasteiger partial charge is 0.326 e. The average molecular weight is 402 g/mol. The molecule has 2 saturated carbocycles. The second-order valence-electron chi connectivity index (χ2n) is 9.25. The van der Waals surface area contributed by atoms with E-state index in [1.54, 1.807) is 30.3 Å². The second-order valence-corrected chi connectivity index (χ2v) is 9.25. The molecule has 7 heteroatoms. The summed E-state index contributed by atoms with van der Waals surface area (Å²) in [5.41, 5.74) is 6.12. The van der Waals surface area contributed by atoms with Gasteiger partial charge in [0.05, 0.1) is 12.5 Å². The number of benzene rings is 1. The monoisotopic (exact) mass is 402 g/mol. The third-order valence-electron chi connectivity index (χ3n) is 6.72. The second kappa shape index (κ2) is 7.78. The van der Waals surface area contributed by atoms with Crippen LogP contribution in [-0.4, -0.2) is 41.6 Å². The number of hydrogen-bond donors (Lipinski definition) is 2. The van der Waals surface area contributed by atoms with Crippen LogP contribution in [0.2, 0.25) is 0 Å². The first-order valence-electron chi connectivity index (χ1n) is 10.1. The molecule has 0 saturated heterocycles. The number of aliphatic carboxylic acids is 1. The van der Waals surface area contributed by atoms with Gasteiger partial charge in [-0.05, 0) is 37.3 Å². The molecule has 158 valence electrons. The van der Waals surface area contributed by atoms with Gasteiger partial charge in [-0.2, -0.15) is 0 Å². The van der Waals surface area contributed by atoms with E-state index in [4.69, 9.17) is 15.6 Å². The Balaban J connectivity index is 1.76. The molecule has 7 nitrogen and oxygen atoms in total. The molecule has 0 aliphatic heterocycles. The van der Waals surface area contributed by atoms with E-state index in [-0.39, 0.29) is 23.5 Å². The Bertz CT molecular complexity index is 789. The number of hydrogen-bond acceptors (Lipinski definition) is 5. The molecule has 1 aromatic carbocycles. The SMILES string of the molecule is CC12CCC(C1)C(C)(C)C2OC(=O)CN(C(=O)[C@@H](N)CC(=O)O)c1ccccc1. The van der Waals surface area contributed by atoms with Crippen LogP contribution in [0.1, 0.15) is 46.5 Å². The van der Waals surface area contributed by atoms with E-state index in [1.165, 1.54) is 4.90 Å². The van der Waals surface area contributed by atoms with Crippen LogP contribution < -0.4 is 10.6 Å². The van der Waals surface area contributed by atoms with Crippen LogP contribution in [0, 0.1) is 16.7 Å². The summed E-state index contributed by atoms with van der Waals surface area (Å²) in [4.78, 5) is 37.8. The molecule has 3 N–H and O–H groups in total. The normalized spacial score (nSPS) is 28.0. The number of para-hydroxylation sites is 1. The van der Waals surface area contributed by atoms with Gasteiger partial charge in [-0.1, -0.05) is 39.0 Å². The van der Waals surface area contributed by atoms with Crippen molar-refractivity contribution in [1.82, 2.24) is 0 Å². The Morgan fingerprint density at radius 1 is 1.24 bits per heavy atom. The van der Waals surface area contributed by atoms with Crippen molar-refractivity contribution in [2.24, 2.45) is 22.5 Å². The zero-order chi connectivity index (χ0) is 21.4. The van der Waals surface area contributed by atoms with Gasteiger partial charge in [0.15, 0.2) is 0 Å². The van der Waals surface area contributed by atoms with Crippen molar-refractivity contribution < 1.29 is 24.2 Å². The molecule has 3 rings (SSSR count). The fraction of sp³-hybridized carbons (Fsp3) is 0.591. The molecule has 1 aromatic rings. The van der Waals surface area contributed by atoms with Crippen LogP contribution in [0.25, 0.3) is 0 Å². The maximum atomic E-state index is 12.9. The van der Waals surface area contributed by atoms with E-state index >= 15 is 0 Å². The van der Waals surface area contributed by atoms with Gasteiger partial charge in [0.1, 0.15) is 12.6 Å². The number of carboxylic acid groups (broad SMARTS) is 1. The molecule has 0 aromatic heterocycles. The minimum atomic E-state index is -1.24. The lowest BCUT2D eigenvalue weighted by molar-refractivity contribution is -0.163. The van der Waals surface area contributed by atoms with Crippen molar-refractivity contribution in [3.8, 4) is 0 Å². The zero-order valence-corrected chi connectivity index (χ0v) is 17.3. The Hall–Kier alpha value is -2.41. The minimum Gasteiger partial charge on any atom is -0.481 e. The lowest BCUT2D eigenvalue weighted by Crippen LogP contribution is -2.49. The van der Waals surface area contributed by atoms with Gasteiger partial charge < -0.3 is 15.6 Å². The van der Waals surface area contributed by atoms with Crippen LogP contribution in [-0.2, 0) is 19.1 Å². The number of carboxylic acids is 1. The first kappa shape index (κ1) is 21.3. The number of amides is 1. The molecular weight excluding hydrogens is 372 g/mol. The summed E-state index contributed by atoms with van der Waals surface area (Å²) >= 11 is 0. The van der Waals surface area contributed by atoms with Gasteiger partial charge in [-0.15, -0.1) is 0 Å². The van der Waals surface area contributed by atoms with Crippen molar-refractivity contribution >= 4 is 23.5 Å². The molecule has 4 atom stereocenters. The van der Waals surface area contributed by atoms with Crippen molar-refractivity contribution in [2.75, 3.05) is 11.4 Å². The summed E-state index contributed by atoms with van der Waals surface area (Å²) < 4.78 is 5.94. The first-order chi connectivity index (χ1) is 13.5. The molecule has 1 amide bonds. The highest BCUT2D eigenvalue weighted by atomic mass is 16.5. The summed E-state index contributed by atoms with van der Waals surface area (Å²) in [5.74, 6) is -1.76. The fourth-order valence-electron chi connectivity index (χ4n) is 5.23. The number of rotatable bonds is 7. The van der Waals surface area contributed by atoms with Crippen molar-refractivity contribution in [1.29, 1.82) is 0 Å². The number of esters is 1. The Labute approximate surface area is 171 Å². The molecule has 29 heavy (non-hydrogen) atoms. The van der Waals surface area contributed by atoms with Gasteiger partial charge in [0.2, 0.25) is 5.91 Å². The molecule has 0 heterocycles. The predicted octanol–water partition coefficient (Wildman–Crippen LogP) is 2.58. The maximum absolute atomic E-state index is 12.9. The van der Waals surface area contributed by atoms with Crippen molar-refractivity contribution in [3.63, 3.8) is 0 Å². The zero-order valence-electron chi connectivity index (χ0n) is 17.3. The quantitative estimate of drug-likeness (QED) is 0.679. The van der Waals surface area contributed by atoms with E-state index in [0.717, 1.165) is 19.3 Å². The average Bonchev–Trinajstić information content (AvgIpc) is 3.14. The summed E-state index contributed by atoms with van der Waals surface area (Å²) in [5, 5.41) is 8.96. The van der Waals surface area contributed by atoms with Crippen LogP contribution in [0.15, 0.2) is 30.3 Å². The molecule has 2 aliphatic rings. The van der Waals surface area contributed by atoms with E-state index in [0.29, 0.717) is 11.6 Å². The third-order valence-corrected chi connectivity index (χ3v) is 6.72. The standard InChI is InChI=1S/C22H30N2O5/c1-21(2)14-9-10-22(3,12-14)20(21)29-18(27)13-24(15-7-5-4-6-8-15)19(28)16(23)11-17(25)26/h4-8,14,16,20H,9-13,23H2,1-3H3,(H,25,26)/t14?,16-,20?,22?/m0/s1. The summed E-state index contributed by atoms with van der Waals surface area (Å²) in [6, 6.07) is 7.40. The van der Waals surface area contributed by atoms with Gasteiger partial charge >= 0.3 is 11.9 Å². The molecule has 2 bridgehead atoms. The van der Waals surface area contributed by atoms with E-state index in [1.807, 2.05) is 0 Å². The Kier molecular flexibility index (Phi) is 5.72. The number of anilines is 1. The lowest BCUT2D eigenvalue weighted by atomic mass is 9.70. The van der Waals surface area contributed by atoms with E-state index in [2.05, 4.69) is 20.8 Å². The highest BCUT2D eigenvalue weighted by molar-refractivity contribution is 6.01. The molecule has 2 fully saturated rings. The van der Waals surface area contributed by atoms with Crippen molar-refractivity contribution in [3.05, 3.63) is 30.3 Å². The summed E-state index contributed by atoms with van der Waals surface area (Å²) in [7, 11) is 0. The number of carbonyl (C=O) groups is 3. The van der Waals surface area contributed by atoms with Gasteiger partial charge in [-0.25, -0.2) is 0 Å². The molecule has 2 aliphatic carbocycles. The minimum absolute atomic E-state index is 0.0366. The highest BCUT2D eigenvalue weighted by Crippen LogP contribution is 2.63. The Morgan fingerprint density at radius 3 is 2.45 bits per heavy atom. The van der Waals surface area contributed by atoms with Crippen LogP contribution >= 0.6 is 0 Å². The van der Waals surface area contributed by atoms with Crippen molar-refractivity contribution in [2.45, 2.75) is 58.6 Å². The number of carbonyl (C=O) groups excluding carboxylic acids is 2. The largest absolute Gasteiger partial charge is 0.481 e.